The van der Waals surface area contributed by atoms with Gasteiger partial charge in [0, 0.05) is 57.1 Å². The van der Waals surface area contributed by atoms with Crippen molar-refractivity contribution in [3.8, 4) is 0 Å². The van der Waals surface area contributed by atoms with Gasteiger partial charge >= 0.3 is 0 Å². The molecular weight excluding hydrogens is 368 g/mol. The molecule has 3 aliphatic rings. The Morgan fingerprint density at radius 1 is 0.621 bits per heavy atom. The highest BCUT2D eigenvalue weighted by molar-refractivity contribution is 5.79. The first-order valence-corrected chi connectivity index (χ1v) is 11.2. The van der Waals surface area contributed by atoms with E-state index < -0.39 is 0 Å². The normalized spacial score (nSPS) is 20.2. The van der Waals surface area contributed by atoms with Gasteiger partial charge in [-0.25, -0.2) is 0 Å². The number of piperidine rings is 1. The van der Waals surface area contributed by atoms with E-state index >= 15 is 0 Å². The van der Waals surface area contributed by atoms with Crippen LogP contribution in [0.3, 0.4) is 0 Å². The van der Waals surface area contributed by atoms with Crippen molar-refractivity contribution in [1.29, 1.82) is 0 Å². The first-order chi connectivity index (χ1) is 13.6. The molecule has 29 heavy (non-hydrogen) atoms. The van der Waals surface area contributed by atoms with Gasteiger partial charge in [0.05, 0.1) is 6.54 Å². The molecule has 3 rings (SSSR count). The summed E-state index contributed by atoms with van der Waals surface area (Å²) in [5, 5.41) is 3.03. The van der Waals surface area contributed by atoms with Crippen molar-refractivity contribution in [3.05, 3.63) is 0 Å². The summed E-state index contributed by atoms with van der Waals surface area (Å²) in [6, 6.07) is 1.15. The van der Waals surface area contributed by atoms with Crippen molar-refractivity contribution in [2.45, 2.75) is 91.8 Å². The molecule has 0 aromatic rings. The van der Waals surface area contributed by atoms with Gasteiger partial charge in [-0.1, -0.05) is 0 Å². The van der Waals surface area contributed by atoms with Crippen LogP contribution in [-0.4, -0.2) is 83.3 Å². The lowest BCUT2D eigenvalue weighted by molar-refractivity contribution is -0.135. The number of nitrogens with zero attached hydrogens (tertiary/aromatic N) is 3. The van der Waals surface area contributed by atoms with Gasteiger partial charge in [0.15, 0.2) is 0 Å². The summed E-state index contributed by atoms with van der Waals surface area (Å²) < 4.78 is 0. The predicted octanol–water partition coefficient (Wildman–Crippen LogP) is 2.25. The molecule has 7 nitrogen and oxygen atoms in total. The van der Waals surface area contributed by atoms with Crippen molar-refractivity contribution < 1.29 is 14.4 Å². The monoisotopic (exact) mass is 410 g/mol. The fourth-order valence-corrected chi connectivity index (χ4v) is 3.76. The Bertz CT molecular complexity index is 502. The van der Waals surface area contributed by atoms with E-state index in [4.69, 9.17) is 0 Å². The molecule has 0 bridgehead atoms. The van der Waals surface area contributed by atoms with E-state index in [1.807, 2.05) is 28.5 Å². The van der Waals surface area contributed by atoms with Gasteiger partial charge in [0.25, 0.3) is 0 Å². The molecule has 168 valence electrons. The van der Waals surface area contributed by atoms with E-state index in [0.29, 0.717) is 36.5 Å². The molecule has 3 amide bonds. The molecule has 3 fully saturated rings. The smallest absolute Gasteiger partial charge is 0.236 e. The molecular formula is C22H42N4O3. The Labute approximate surface area is 177 Å². The van der Waals surface area contributed by atoms with Crippen LogP contribution in [0.25, 0.3) is 0 Å². The van der Waals surface area contributed by atoms with Crippen LogP contribution in [0.1, 0.15) is 73.6 Å². The second-order valence-electron chi connectivity index (χ2n) is 8.78. The Morgan fingerprint density at radius 2 is 1.07 bits per heavy atom. The first kappa shape index (κ1) is 25.4. The number of rotatable bonds is 3. The zero-order valence-corrected chi connectivity index (χ0v) is 19.4. The molecule has 0 aromatic carbocycles. The number of hydrogen-bond donors (Lipinski definition) is 1. The molecule has 0 atom stereocenters. The maximum atomic E-state index is 11.2. The van der Waals surface area contributed by atoms with Gasteiger partial charge in [-0.15, -0.1) is 0 Å². The molecule has 1 N–H and O–H groups in total. The maximum Gasteiger partial charge on any atom is 0.236 e. The average molecular weight is 411 g/mol. The zero-order chi connectivity index (χ0) is 22.0. The Balaban J connectivity index is 0.000000218. The third kappa shape index (κ3) is 8.72. The Hall–Kier alpha value is -1.63. The second-order valence-corrected chi connectivity index (χ2v) is 8.78. The second kappa shape index (κ2) is 12.8. The summed E-state index contributed by atoms with van der Waals surface area (Å²) in [7, 11) is 0. The summed E-state index contributed by atoms with van der Waals surface area (Å²) in [4.78, 5) is 39.0. The van der Waals surface area contributed by atoms with E-state index in [1.165, 1.54) is 6.42 Å². The van der Waals surface area contributed by atoms with Crippen molar-refractivity contribution >= 4 is 17.7 Å². The lowest BCUT2D eigenvalue weighted by Crippen LogP contribution is -2.50. The van der Waals surface area contributed by atoms with Crippen LogP contribution in [0, 0.1) is 0 Å². The lowest BCUT2D eigenvalue weighted by Gasteiger charge is -2.30. The number of carbonyl (C=O) groups excluding carboxylic acids is 3. The minimum absolute atomic E-state index is 0.223. The van der Waals surface area contributed by atoms with E-state index in [1.54, 1.807) is 0 Å². The van der Waals surface area contributed by atoms with E-state index in [2.05, 4.69) is 33.0 Å². The summed E-state index contributed by atoms with van der Waals surface area (Å²) in [6.07, 6.45) is 4.85. The van der Waals surface area contributed by atoms with Crippen molar-refractivity contribution in [1.82, 2.24) is 20.0 Å². The number of likely N-dealkylation sites (tertiary alicyclic amines) is 2. The van der Waals surface area contributed by atoms with Crippen LogP contribution in [0.4, 0.5) is 0 Å². The highest BCUT2D eigenvalue weighted by Gasteiger charge is 2.22. The number of carbonyl (C=O) groups is 3. The first-order valence-electron chi connectivity index (χ1n) is 11.2. The average Bonchev–Trinajstić information content (AvgIpc) is 3.09. The van der Waals surface area contributed by atoms with Crippen LogP contribution in [-0.2, 0) is 14.4 Å². The number of hydrogen-bond acceptors (Lipinski definition) is 4. The van der Waals surface area contributed by atoms with Gasteiger partial charge < -0.3 is 20.0 Å². The van der Waals surface area contributed by atoms with Crippen molar-refractivity contribution in [2.75, 3.05) is 32.7 Å². The Morgan fingerprint density at radius 3 is 1.41 bits per heavy atom. The molecule has 3 aliphatic heterocycles. The zero-order valence-electron chi connectivity index (χ0n) is 19.4. The van der Waals surface area contributed by atoms with Crippen LogP contribution in [0.2, 0.25) is 0 Å². The van der Waals surface area contributed by atoms with E-state index in [-0.39, 0.29) is 5.91 Å². The fourth-order valence-electron chi connectivity index (χ4n) is 3.76. The topological polar surface area (TPSA) is 73.0 Å². The van der Waals surface area contributed by atoms with Crippen LogP contribution in [0.15, 0.2) is 0 Å². The summed E-state index contributed by atoms with van der Waals surface area (Å²) >= 11 is 0. The quantitative estimate of drug-likeness (QED) is 0.775. The van der Waals surface area contributed by atoms with Crippen LogP contribution >= 0.6 is 0 Å². The SMILES string of the molecule is CC(C)N1CCCC1=O.CC(C)N1CCCCC1=O.CC(C)N1CCNCC1=O. The molecule has 3 saturated heterocycles. The molecule has 0 unspecified atom stereocenters. The van der Waals surface area contributed by atoms with Gasteiger partial charge in [0.1, 0.15) is 0 Å². The van der Waals surface area contributed by atoms with Crippen LogP contribution in [0.5, 0.6) is 0 Å². The maximum absolute atomic E-state index is 11.2. The number of nitrogens with one attached hydrogen (secondary N) is 1. The molecule has 0 spiro atoms. The largest absolute Gasteiger partial charge is 0.340 e. The summed E-state index contributed by atoms with van der Waals surface area (Å²) in [5.74, 6) is 0.882. The van der Waals surface area contributed by atoms with Crippen LogP contribution < -0.4 is 5.32 Å². The van der Waals surface area contributed by atoms with Crippen molar-refractivity contribution in [2.24, 2.45) is 0 Å². The van der Waals surface area contributed by atoms with Gasteiger partial charge in [0.2, 0.25) is 17.7 Å². The van der Waals surface area contributed by atoms with Gasteiger partial charge in [-0.05, 0) is 60.8 Å². The third-order valence-electron chi connectivity index (χ3n) is 5.47. The fraction of sp³-hybridized carbons (Fsp3) is 0.864. The predicted molar refractivity (Wildman–Crippen MR) is 117 cm³/mol. The molecule has 0 saturated carbocycles. The minimum atomic E-state index is 0.223. The highest BCUT2D eigenvalue weighted by atomic mass is 16.2. The number of piperazine rings is 1. The summed E-state index contributed by atoms with van der Waals surface area (Å²) in [6.45, 7) is 16.6. The third-order valence-corrected chi connectivity index (χ3v) is 5.47. The van der Waals surface area contributed by atoms with E-state index in [9.17, 15) is 14.4 Å². The molecule has 7 heteroatoms. The van der Waals surface area contributed by atoms with E-state index in [0.717, 1.165) is 51.9 Å². The lowest BCUT2D eigenvalue weighted by atomic mass is 10.1. The van der Waals surface area contributed by atoms with Crippen molar-refractivity contribution in [3.63, 3.8) is 0 Å². The standard InChI is InChI=1S/C8H15NO.C7H14N2O.C7H13NO/c1-7(2)9-6-4-3-5-8(9)10;1-6(2)9-4-3-8-5-7(9)10;1-6(2)8-5-3-4-7(8)9/h7H,3-6H2,1-2H3;6,8H,3-5H2,1-2H3;6H,3-5H2,1-2H3. The van der Waals surface area contributed by atoms with Gasteiger partial charge in [-0.3, -0.25) is 14.4 Å². The molecule has 3 heterocycles. The highest BCUT2D eigenvalue weighted by Crippen LogP contribution is 2.13. The minimum Gasteiger partial charge on any atom is -0.340 e. The molecule has 0 aliphatic carbocycles. The Kier molecular flexibility index (Phi) is 11.2. The number of amides is 3. The molecule has 0 radical (unpaired) electrons. The molecule has 0 aromatic heterocycles. The summed E-state index contributed by atoms with van der Waals surface area (Å²) in [5.41, 5.74) is 0. The van der Waals surface area contributed by atoms with Gasteiger partial charge in [-0.2, -0.15) is 0 Å².